The first-order valence-electron chi connectivity index (χ1n) is 9.96. The number of nitrogens with one attached hydrogen (secondary N) is 1. The van der Waals surface area contributed by atoms with Gasteiger partial charge in [0, 0.05) is 39.3 Å². The number of carbonyl (C=O) groups excluding carboxylic acids is 1. The molecule has 8 nitrogen and oxygen atoms in total. The number of piperazine rings is 1. The summed E-state index contributed by atoms with van der Waals surface area (Å²) in [5, 5.41) is 3.30. The van der Waals surface area contributed by atoms with E-state index >= 15 is 0 Å². The number of nitrogens with zero attached hydrogens (tertiary/aromatic N) is 3. The highest BCUT2D eigenvalue weighted by Crippen LogP contribution is 2.19. The van der Waals surface area contributed by atoms with Gasteiger partial charge in [-0.3, -0.25) is 9.69 Å². The first-order chi connectivity index (χ1) is 14.5. The molecule has 1 aliphatic rings. The fraction of sp³-hybridized carbons (Fsp3) is 0.429. The second-order valence-corrected chi connectivity index (χ2v) is 7.03. The van der Waals surface area contributed by atoms with Crippen LogP contribution in [0.2, 0.25) is 0 Å². The summed E-state index contributed by atoms with van der Waals surface area (Å²) in [5.41, 5.74) is 6.14. The number of aliphatic imine (C=N–C) groups is 1. The minimum atomic E-state index is -0.593. The number of hydrogen-bond acceptors (Lipinski definition) is 5. The maximum atomic E-state index is 13.9. The highest BCUT2D eigenvalue weighted by Gasteiger charge is 2.20. The largest absolute Gasteiger partial charge is 0.494 e. The Hall–Kier alpha value is -2.34. The number of methoxy groups -OCH3 is 1. The molecule has 2 aromatic rings. The van der Waals surface area contributed by atoms with Crippen LogP contribution in [0.4, 0.5) is 4.39 Å². The Bertz CT molecular complexity index is 897. The molecule has 3 rings (SSSR count). The predicted molar refractivity (Wildman–Crippen MR) is 127 cm³/mol. The van der Waals surface area contributed by atoms with Gasteiger partial charge in [-0.1, -0.05) is 6.07 Å². The van der Waals surface area contributed by atoms with Crippen molar-refractivity contribution in [3.05, 3.63) is 53.2 Å². The molecule has 0 saturated carbocycles. The molecule has 0 aliphatic carbocycles. The Morgan fingerprint density at radius 1 is 1.26 bits per heavy atom. The topological polar surface area (TPSA) is 96.3 Å². The van der Waals surface area contributed by atoms with Crippen LogP contribution in [-0.4, -0.2) is 61.5 Å². The van der Waals surface area contributed by atoms with Gasteiger partial charge in [0.05, 0.1) is 7.11 Å². The van der Waals surface area contributed by atoms with E-state index in [1.807, 2.05) is 13.0 Å². The predicted octanol–water partition coefficient (Wildman–Crippen LogP) is 2.43. The summed E-state index contributed by atoms with van der Waals surface area (Å²) in [6, 6.07) is 8.35. The van der Waals surface area contributed by atoms with E-state index in [0.717, 1.165) is 44.2 Å². The van der Waals surface area contributed by atoms with Crippen molar-refractivity contribution in [2.45, 2.75) is 20.0 Å². The summed E-state index contributed by atoms with van der Waals surface area (Å²) in [4.78, 5) is 20.3. The summed E-state index contributed by atoms with van der Waals surface area (Å²) < 4.78 is 24.3. The quantitative estimate of drug-likeness (QED) is 0.315. The lowest BCUT2D eigenvalue weighted by Gasteiger charge is -2.36. The summed E-state index contributed by atoms with van der Waals surface area (Å²) >= 11 is 0. The van der Waals surface area contributed by atoms with Gasteiger partial charge in [0.2, 0.25) is 0 Å². The van der Waals surface area contributed by atoms with Gasteiger partial charge in [-0.05, 0) is 36.8 Å². The lowest BCUT2D eigenvalue weighted by Crippen LogP contribution is -2.52. The summed E-state index contributed by atoms with van der Waals surface area (Å²) in [7, 11) is 1.46. The molecule has 0 atom stereocenters. The molecule has 10 heteroatoms. The minimum Gasteiger partial charge on any atom is -0.494 e. The number of carbonyl (C=O) groups is 1. The number of hydrogen-bond donors (Lipinski definition) is 2. The smallest absolute Gasteiger partial charge is 0.284 e. The van der Waals surface area contributed by atoms with Crippen LogP contribution in [0.5, 0.6) is 5.75 Å². The zero-order valence-corrected chi connectivity index (χ0v) is 20.1. The molecule has 170 valence electrons. The number of guanidine groups is 1. The molecule has 3 N–H and O–H groups in total. The van der Waals surface area contributed by atoms with Crippen molar-refractivity contribution in [3.8, 4) is 5.75 Å². The second-order valence-electron chi connectivity index (χ2n) is 7.03. The van der Waals surface area contributed by atoms with Crippen molar-refractivity contribution in [1.82, 2.24) is 15.1 Å². The Morgan fingerprint density at radius 3 is 2.58 bits per heavy atom. The molecular formula is C21H29FIN5O3. The van der Waals surface area contributed by atoms with Gasteiger partial charge >= 0.3 is 0 Å². The average molecular weight is 545 g/mol. The van der Waals surface area contributed by atoms with Crippen molar-refractivity contribution in [2.75, 3.05) is 39.8 Å². The van der Waals surface area contributed by atoms with Gasteiger partial charge in [-0.25, -0.2) is 9.38 Å². The van der Waals surface area contributed by atoms with E-state index in [2.05, 4.69) is 20.1 Å². The maximum Gasteiger partial charge on any atom is 0.284 e. The van der Waals surface area contributed by atoms with Crippen LogP contribution < -0.4 is 15.8 Å². The van der Waals surface area contributed by atoms with Crippen molar-refractivity contribution in [1.29, 1.82) is 0 Å². The van der Waals surface area contributed by atoms with Crippen LogP contribution in [0.1, 0.15) is 28.8 Å². The minimum absolute atomic E-state index is 0. The fourth-order valence-corrected chi connectivity index (χ4v) is 3.36. The van der Waals surface area contributed by atoms with Gasteiger partial charge in [0.1, 0.15) is 12.3 Å². The third-order valence-corrected chi connectivity index (χ3v) is 4.92. The molecule has 1 aromatic carbocycles. The van der Waals surface area contributed by atoms with E-state index in [1.54, 1.807) is 18.2 Å². The Kier molecular flexibility index (Phi) is 9.56. The third-order valence-electron chi connectivity index (χ3n) is 4.92. The summed E-state index contributed by atoms with van der Waals surface area (Å²) in [6.45, 7) is 7.04. The highest BCUT2D eigenvalue weighted by atomic mass is 127. The van der Waals surface area contributed by atoms with Crippen LogP contribution in [0.25, 0.3) is 0 Å². The van der Waals surface area contributed by atoms with Crippen molar-refractivity contribution < 1.29 is 18.3 Å². The normalized spacial score (nSPS) is 14.8. The van der Waals surface area contributed by atoms with Crippen LogP contribution >= 0.6 is 24.0 Å². The fourth-order valence-electron chi connectivity index (χ4n) is 3.36. The molecular weight excluding hydrogens is 516 g/mol. The highest BCUT2D eigenvalue weighted by molar-refractivity contribution is 14.0. The molecule has 2 heterocycles. The van der Waals surface area contributed by atoms with E-state index in [0.29, 0.717) is 18.8 Å². The van der Waals surface area contributed by atoms with Crippen molar-refractivity contribution in [3.63, 3.8) is 0 Å². The Labute approximate surface area is 198 Å². The molecule has 0 bridgehead atoms. The molecule has 1 amide bonds. The first-order valence-corrected chi connectivity index (χ1v) is 9.96. The van der Waals surface area contributed by atoms with E-state index in [4.69, 9.17) is 14.9 Å². The molecule has 0 spiro atoms. The first kappa shape index (κ1) is 24.9. The van der Waals surface area contributed by atoms with E-state index < -0.39 is 5.91 Å². The lowest BCUT2D eigenvalue weighted by molar-refractivity contribution is 0.0972. The number of halogens is 2. The third kappa shape index (κ3) is 6.82. The van der Waals surface area contributed by atoms with Crippen LogP contribution in [0.15, 0.2) is 39.7 Å². The van der Waals surface area contributed by atoms with Crippen LogP contribution in [0.3, 0.4) is 0 Å². The molecule has 1 aromatic heterocycles. The van der Waals surface area contributed by atoms with Gasteiger partial charge < -0.3 is 25.1 Å². The van der Waals surface area contributed by atoms with Crippen molar-refractivity contribution >= 4 is 35.8 Å². The van der Waals surface area contributed by atoms with Gasteiger partial charge in [-0.2, -0.15) is 0 Å². The average Bonchev–Trinajstić information content (AvgIpc) is 3.21. The number of ether oxygens (including phenoxy) is 1. The molecule has 0 unspecified atom stereocenters. The zero-order chi connectivity index (χ0) is 21.5. The van der Waals surface area contributed by atoms with Crippen LogP contribution in [-0.2, 0) is 13.1 Å². The maximum absolute atomic E-state index is 13.9. The lowest BCUT2D eigenvalue weighted by atomic mass is 10.2. The number of amides is 1. The molecule has 1 saturated heterocycles. The van der Waals surface area contributed by atoms with E-state index in [-0.39, 0.29) is 41.3 Å². The molecule has 1 aliphatic heterocycles. The monoisotopic (exact) mass is 545 g/mol. The Morgan fingerprint density at radius 2 is 2.00 bits per heavy atom. The number of furan rings is 1. The summed E-state index contributed by atoms with van der Waals surface area (Å²) in [6.07, 6.45) is 0. The van der Waals surface area contributed by atoms with Gasteiger partial charge in [-0.15, -0.1) is 24.0 Å². The Balaban J connectivity index is 0.00000341. The van der Waals surface area contributed by atoms with Crippen molar-refractivity contribution in [2.24, 2.45) is 10.7 Å². The van der Waals surface area contributed by atoms with Gasteiger partial charge in [0.25, 0.3) is 5.91 Å². The molecule has 1 fully saturated rings. The standard InChI is InChI=1S/C21H28FN5O3.HI/c1-3-24-21(25-13-16-5-7-19(30-16)20(23)28)27-10-8-26(9-11-27)14-15-4-6-18(29-2)17(22)12-15;/h4-7,12H,3,8-11,13-14H2,1-2H3,(H2,23,28)(H,24,25);1H. The SMILES string of the molecule is CCNC(=NCc1ccc(C(N)=O)o1)N1CCN(Cc2ccc(OC)c(F)c2)CC1.I. The molecule has 0 radical (unpaired) electrons. The second kappa shape index (κ2) is 11.9. The van der Waals surface area contributed by atoms with E-state index in [1.165, 1.54) is 13.2 Å². The number of nitrogens with two attached hydrogens (primary N) is 1. The van der Waals surface area contributed by atoms with Crippen LogP contribution in [0, 0.1) is 5.82 Å². The van der Waals surface area contributed by atoms with E-state index in [9.17, 15) is 9.18 Å². The zero-order valence-electron chi connectivity index (χ0n) is 17.8. The molecule has 31 heavy (non-hydrogen) atoms. The summed E-state index contributed by atoms with van der Waals surface area (Å²) in [5.74, 6) is 0.838. The number of primary amides is 1. The van der Waals surface area contributed by atoms with Gasteiger partial charge in [0.15, 0.2) is 23.3 Å². The number of rotatable bonds is 7. The number of benzene rings is 1.